The monoisotopic (exact) mass is 325 g/mol. The van der Waals surface area contributed by atoms with Gasteiger partial charge in [0.25, 0.3) is 0 Å². The molecule has 6 heteroatoms. The fourth-order valence-corrected chi connectivity index (χ4v) is 4.30. The second kappa shape index (κ2) is 7.74. The van der Waals surface area contributed by atoms with Gasteiger partial charge in [-0.3, -0.25) is 4.79 Å². The van der Waals surface area contributed by atoms with Crippen LogP contribution in [0.2, 0.25) is 0 Å². The van der Waals surface area contributed by atoms with Crippen molar-refractivity contribution in [2.24, 2.45) is 5.92 Å². The van der Waals surface area contributed by atoms with Crippen LogP contribution < -0.4 is 0 Å². The summed E-state index contributed by atoms with van der Waals surface area (Å²) in [6.07, 6.45) is 2.86. The molecular formula is C16H23NO4S. The summed E-state index contributed by atoms with van der Waals surface area (Å²) in [6, 6.07) is 9.35. The standard InChI is InChI=1S/C16H23NO4S/c1-14(13-22(19,20)17-10-6-3-7-11-17)16(18)21-12-15-8-4-2-5-9-15/h2,4-5,8-9,14H,3,6-7,10-13H2,1H3. The van der Waals surface area contributed by atoms with Crippen molar-refractivity contribution in [1.29, 1.82) is 0 Å². The molecule has 0 radical (unpaired) electrons. The molecule has 1 fully saturated rings. The number of benzene rings is 1. The number of rotatable bonds is 6. The maximum atomic E-state index is 12.3. The van der Waals surface area contributed by atoms with Crippen LogP contribution in [-0.4, -0.2) is 37.5 Å². The second-order valence-electron chi connectivity index (χ2n) is 5.73. The number of hydrogen-bond donors (Lipinski definition) is 0. The first-order valence-electron chi connectivity index (χ1n) is 7.67. The number of piperidine rings is 1. The van der Waals surface area contributed by atoms with E-state index in [4.69, 9.17) is 4.74 Å². The Kier molecular flexibility index (Phi) is 5.97. The van der Waals surface area contributed by atoms with E-state index in [1.54, 1.807) is 6.92 Å². The first kappa shape index (κ1) is 17.0. The molecule has 2 rings (SSSR count). The summed E-state index contributed by atoms with van der Waals surface area (Å²) in [5.74, 6) is -1.30. The van der Waals surface area contributed by atoms with Crippen molar-refractivity contribution >= 4 is 16.0 Å². The highest BCUT2D eigenvalue weighted by Crippen LogP contribution is 2.16. The van der Waals surface area contributed by atoms with Crippen LogP contribution in [0.15, 0.2) is 30.3 Å². The number of carbonyl (C=O) groups excluding carboxylic acids is 1. The average molecular weight is 325 g/mol. The molecule has 1 aliphatic rings. The Bertz CT molecular complexity index is 579. The van der Waals surface area contributed by atoms with Crippen LogP contribution in [0.25, 0.3) is 0 Å². The van der Waals surface area contributed by atoms with Crippen molar-refractivity contribution in [3.63, 3.8) is 0 Å². The highest BCUT2D eigenvalue weighted by atomic mass is 32.2. The van der Waals surface area contributed by atoms with Crippen LogP contribution >= 0.6 is 0 Å². The van der Waals surface area contributed by atoms with Crippen LogP contribution in [-0.2, 0) is 26.2 Å². The zero-order chi connectivity index (χ0) is 16.0. The molecule has 1 aromatic rings. The van der Waals surface area contributed by atoms with Gasteiger partial charge in [0, 0.05) is 13.1 Å². The lowest BCUT2D eigenvalue weighted by Gasteiger charge is -2.26. The molecule has 0 bridgehead atoms. The van der Waals surface area contributed by atoms with E-state index in [2.05, 4.69) is 0 Å². The Morgan fingerprint density at radius 2 is 1.82 bits per heavy atom. The Morgan fingerprint density at radius 1 is 1.18 bits per heavy atom. The Balaban J connectivity index is 1.85. The van der Waals surface area contributed by atoms with Gasteiger partial charge in [-0.15, -0.1) is 0 Å². The minimum atomic E-state index is -3.38. The van der Waals surface area contributed by atoms with Crippen LogP contribution in [0.4, 0.5) is 0 Å². The van der Waals surface area contributed by atoms with Crippen molar-refractivity contribution in [3.8, 4) is 0 Å². The molecule has 1 unspecified atom stereocenters. The van der Waals surface area contributed by atoms with Gasteiger partial charge < -0.3 is 4.74 Å². The summed E-state index contributed by atoms with van der Waals surface area (Å²) >= 11 is 0. The zero-order valence-corrected chi connectivity index (χ0v) is 13.7. The average Bonchev–Trinajstić information content (AvgIpc) is 2.54. The molecule has 0 N–H and O–H groups in total. The Hall–Kier alpha value is -1.40. The summed E-state index contributed by atoms with van der Waals surface area (Å²) in [4.78, 5) is 12.0. The molecule has 1 heterocycles. The van der Waals surface area contributed by atoms with Gasteiger partial charge >= 0.3 is 5.97 Å². The minimum Gasteiger partial charge on any atom is -0.461 e. The van der Waals surface area contributed by atoms with Crippen LogP contribution in [0, 0.1) is 5.92 Å². The van der Waals surface area contributed by atoms with Gasteiger partial charge in [0.05, 0.1) is 11.7 Å². The van der Waals surface area contributed by atoms with Gasteiger partial charge in [0.2, 0.25) is 10.0 Å². The summed E-state index contributed by atoms with van der Waals surface area (Å²) in [5, 5.41) is 0. The van der Waals surface area contributed by atoms with Crippen molar-refractivity contribution in [2.45, 2.75) is 32.8 Å². The molecule has 0 aliphatic carbocycles. The van der Waals surface area contributed by atoms with Crippen molar-refractivity contribution in [3.05, 3.63) is 35.9 Å². The smallest absolute Gasteiger partial charge is 0.310 e. The highest BCUT2D eigenvalue weighted by molar-refractivity contribution is 7.89. The number of carbonyl (C=O) groups is 1. The molecule has 0 saturated carbocycles. The highest BCUT2D eigenvalue weighted by Gasteiger charge is 2.29. The van der Waals surface area contributed by atoms with E-state index in [1.807, 2.05) is 30.3 Å². The number of esters is 1. The van der Waals surface area contributed by atoms with E-state index in [-0.39, 0.29) is 12.4 Å². The van der Waals surface area contributed by atoms with Crippen molar-refractivity contribution < 1.29 is 17.9 Å². The molecule has 1 aromatic carbocycles. The largest absolute Gasteiger partial charge is 0.461 e. The fourth-order valence-electron chi connectivity index (χ4n) is 2.50. The van der Waals surface area contributed by atoms with Gasteiger partial charge in [-0.2, -0.15) is 0 Å². The molecule has 0 aromatic heterocycles. The van der Waals surface area contributed by atoms with Gasteiger partial charge in [-0.1, -0.05) is 43.7 Å². The summed E-state index contributed by atoms with van der Waals surface area (Å²) in [7, 11) is -3.38. The lowest BCUT2D eigenvalue weighted by Crippen LogP contribution is -2.39. The normalized spacial score (nSPS) is 17.9. The van der Waals surface area contributed by atoms with E-state index in [0.717, 1.165) is 24.8 Å². The predicted molar refractivity (Wildman–Crippen MR) is 84.6 cm³/mol. The minimum absolute atomic E-state index is 0.174. The molecular weight excluding hydrogens is 302 g/mol. The molecule has 1 saturated heterocycles. The zero-order valence-electron chi connectivity index (χ0n) is 12.9. The summed E-state index contributed by atoms with van der Waals surface area (Å²) in [6.45, 7) is 2.91. The van der Waals surface area contributed by atoms with E-state index in [1.165, 1.54) is 4.31 Å². The topological polar surface area (TPSA) is 63.7 Å². The fraction of sp³-hybridized carbons (Fsp3) is 0.562. The maximum Gasteiger partial charge on any atom is 0.310 e. The van der Waals surface area contributed by atoms with Crippen LogP contribution in [0.1, 0.15) is 31.7 Å². The number of sulfonamides is 1. The van der Waals surface area contributed by atoms with E-state index in [0.29, 0.717) is 13.1 Å². The van der Waals surface area contributed by atoms with Crippen LogP contribution in [0.5, 0.6) is 0 Å². The molecule has 0 amide bonds. The lowest BCUT2D eigenvalue weighted by atomic mass is 10.2. The van der Waals surface area contributed by atoms with Crippen molar-refractivity contribution in [1.82, 2.24) is 4.31 Å². The van der Waals surface area contributed by atoms with Crippen LogP contribution in [0.3, 0.4) is 0 Å². The molecule has 22 heavy (non-hydrogen) atoms. The number of nitrogens with zero attached hydrogens (tertiary/aromatic N) is 1. The lowest BCUT2D eigenvalue weighted by molar-refractivity contribution is -0.148. The van der Waals surface area contributed by atoms with E-state index in [9.17, 15) is 13.2 Å². The van der Waals surface area contributed by atoms with Gasteiger partial charge in [-0.05, 0) is 18.4 Å². The third-order valence-corrected chi connectivity index (χ3v) is 5.87. The second-order valence-corrected chi connectivity index (χ2v) is 7.75. The molecule has 1 aliphatic heterocycles. The molecule has 0 spiro atoms. The third kappa shape index (κ3) is 4.81. The maximum absolute atomic E-state index is 12.3. The van der Waals surface area contributed by atoms with Gasteiger partial charge in [-0.25, -0.2) is 12.7 Å². The molecule has 5 nitrogen and oxygen atoms in total. The Labute approximate surface area is 132 Å². The number of ether oxygens (including phenoxy) is 1. The third-order valence-electron chi connectivity index (χ3n) is 3.80. The van der Waals surface area contributed by atoms with Gasteiger partial charge in [0.15, 0.2) is 0 Å². The Morgan fingerprint density at radius 3 is 2.45 bits per heavy atom. The van der Waals surface area contributed by atoms with E-state index >= 15 is 0 Å². The summed E-state index contributed by atoms with van der Waals surface area (Å²) < 4.78 is 31.3. The first-order chi connectivity index (χ1) is 10.5. The van der Waals surface area contributed by atoms with Crippen molar-refractivity contribution in [2.75, 3.05) is 18.8 Å². The first-order valence-corrected chi connectivity index (χ1v) is 9.28. The van der Waals surface area contributed by atoms with E-state index < -0.39 is 21.9 Å². The predicted octanol–water partition coefficient (Wildman–Crippen LogP) is 2.18. The summed E-state index contributed by atoms with van der Waals surface area (Å²) in [5.41, 5.74) is 0.891. The molecule has 1 atom stereocenters. The number of hydrogen-bond acceptors (Lipinski definition) is 4. The SMILES string of the molecule is CC(CS(=O)(=O)N1CCCCC1)C(=O)OCc1ccccc1. The quantitative estimate of drug-likeness (QED) is 0.752. The van der Waals surface area contributed by atoms with Gasteiger partial charge in [0.1, 0.15) is 6.61 Å². The molecule has 122 valence electrons.